The summed E-state index contributed by atoms with van der Waals surface area (Å²) < 4.78 is 0.985. The van der Waals surface area contributed by atoms with Gasteiger partial charge in [-0.2, -0.15) is 5.48 Å². The van der Waals surface area contributed by atoms with Crippen LogP contribution in [-0.2, 0) is 4.84 Å². The van der Waals surface area contributed by atoms with E-state index in [-0.39, 0.29) is 0 Å². The van der Waals surface area contributed by atoms with Gasteiger partial charge in [0.05, 0.1) is 23.0 Å². The highest BCUT2D eigenvalue weighted by atomic mass is 79.9. The highest BCUT2D eigenvalue weighted by Crippen LogP contribution is 2.26. The molecule has 0 radical (unpaired) electrons. The van der Waals surface area contributed by atoms with Crippen molar-refractivity contribution in [3.8, 4) is 0 Å². The van der Waals surface area contributed by atoms with Crippen molar-refractivity contribution in [2.75, 3.05) is 30.8 Å². The van der Waals surface area contributed by atoms with E-state index in [0.717, 1.165) is 33.8 Å². The number of nitrogens with two attached hydrogens (primary N) is 2. The molecule has 0 aromatic heterocycles. The maximum Gasteiger partial charge on any atom is 0.248 e. The van der Waals surface area contributed by atoms with E-state index in [1.54, 1.807) is 24.7 Å². The first-order valence-electron chi connectivity index (χ1n) is 8.86. The van der Waals surface area contributed by atoms with Crippen LogP contribution in [-0.4, -0.2) is 26.1 Å². The van der Waals surface area contributed by atoms with Gasteiger partial charge in [-0.1, -0.05) is 17.2 Å². The van der Waals surface area contributed by atoms with Gasteiger partial charge in [-0.3, -0.25) is 4.79 Å². The molecule has 8 heteroatoms. The van der Waals surface area contributed by atoms with E-state index in [1.807, 2.05) is 24.3 Å². The Balaban J connectivity index is 2.04. The number of carbonyl (C=O) groups excluding carboxylic acids is 1. The first-order valence-corrected chi connectivity index (χ1v) is 9.66. The van der Waals surface area contributed by atoms with Crippen LogP contribution in [0.2, 0.25) is 0 Å². The van der Waals surface area contributed by atoms with Gasteiger partial charge in [-0.05, 0) is 54.0 Å². The van der Waals surface area contributed by atoms with Crippen molar-refractivity contribution in [2.24, 2.45) is 5.73 Å². The highest BCUT2D eigenvalue weighted by molar-refractivity contribution is 9.10. The van der Waals surface area contributed by atoms with Gasteiger partial charge < -0.3 is 22.1 Å². The fourth-order valence-corrected chi connectivity index (χ4v) is 2.95. The molecule has 2 aromatic carbocycles. The zero-order valence-corrected chi connectivity index (χ0v) is 18.0. The van der Waals surface area contributed by atoms with Crippen LogP contribution in [0.25, 0.3) is 0 Å². The lowest BCUT2D eigenvalue weighted by molar-refractivity contribution is -0.829. The Morgan fingerprint density at radius 3 is 2.39 bits per heavy atom. The van der Waals surface area contributed by atoms with Gasteiger partial charge in [0.25, 0.3) is 0 Å². The van der Waals surface area contributed by atoms with Crippen molar-refractivity contribution in [1.82, 2.24) is 0 Å². The van der Waals surface area contributed by atoms with Crippen molar-refractivity contribution in [3.63, 3.8) is 0 Å². The van der Waals surface area contributed by atoms with Gasteiger partial charge >= 0.3 is 0 Å². The second-order valence-electron chi connectivity index (χ2n) is 6.55. The minimum Gasteiger partial charge on any atom is -0.376 e. The van der Waals surface area contributed by atoms with E-state index >= 15 is 0 Å². The van der Waals surface area contributed by atoms with Crippen molar-refractivity contribution in [1.29, 1.82) is 0 Å². The van der Waals surface area contributed by atoms with Crippen LogP contribution < -0.4 is 27.6 Å². The summed E-state index contributed by atoms with van der Waals surface area (Å²) in [5.74, 6) is -0.465. The summed E-state index contributed by atoms with van der Waals surface area (Å²) in [5.41, 5.74) is 17.5. The number of hydrogen-bond acceptors (Lipinski definition) is 4. The summed E-state index contributed by atoms with van der Waals surface area (Å²) in [6.07, 6.45) is 0. The SMILES string of the molecule is CO[NH2+]c1cc(C(N)=O)ccc1NC/C(C)=C(\C)CNc1cccc(Br)c1[NH3+]. The number of hydrogen-bond donors (Lipinski definition) is 5. The Morgan fingerprint density at radius 2 is 1.79 bits per heavy atom. The number of quaternary nitrogens is 2. The Morgan fingerprint density at radius 1 is 1.14 bits per heavy atom. The number of halogens is 1. The topological polar surface area (TPSA) is 121 Å². The minimum atomic E-state index is -0.465. The van der Waals surface area contributed by atoms with Gasteiger partial charge in [-0.25, -0.2) is 4.84 Å². The summed E-state index contributed by atoms with van der Waals surface area (Å²) in [7, 11) is 1.57. The summed E-state index contributed by atoms with van der Waals surface area (Å²) in [6, 6.07) is 11.2. The molecule has 0 aliphatic rings. The lowest BCUT2D eigenvalue weighted by atomic mass is 10.1. The number of anilines is 2. The minimum absolute atomic E-state index is 0.444. The largest absolute Gasteiger partial charge is 0.376 e. The van der Waals surface area contributed by atoms with Crippen molar-refractivity contribution < 1.29 is 20.8 Å². The third kappa shape index (κ3) is 5.80. The van der Waals surface area contributed by atoms with Crippen LogP contribution >= 0.6 is 15.9 Å². The number of carbonyl (C=O) groups is 1. The molecule has 150 valence electrons. The average molecular weight is 450 g/mol. The predicted octanol–water partition coefficient (Wildman–Crippen LogP) is 2.04. The van der Waals surface area contributed by atoms with Crippen molar-refractivity contribution >= 4 is 44.6 Å². The number of nitrogens with one attached hydrogen (secondary N) is 2. The number of benzene rings is 2. The van der Waals surface area contributed by atoms with E-state index in [0.29, 0.717) is 12.1 Å². The zero-order chi connectivity index (χ0) is 20.7. The summed E-state index contributed by atoms with van der Waals surface area (Å²) in [5, 5.41) is 6.82. The third-order valence-electron chi connectivity index (χ3n) is 4.52. The molecule has 1 amide bonds. The van der Waals surface area contributed by atoms with Gasteiger partial charge in [0.1, 0.15) is 0 Å². The molecular formula is C20H28BrN5O2+2. The molecule has 0 spiro atoms. The van der Waals surface area contributed by atoms with Crippen LogP contribution in [0, 0.1) is 0 Å². The van der Waals surface area contributed by atoms with Gasteiger partial charge in [0.2, 0.25) is 5.91 Å². The number of rotatable bonds is 9. The summed E-state index contributed by atoms with van der Waals surface area (Å²) in [4.78, 5) is 16.5. The van der Waals surface area contributed by atoms with Gasteiger partial charge in [-0.15, -0.1) is 0 Å². The summed E-state index contributed by atoms with van der Waals surface area (Å²) in [6.45, 7) is 5.59. The molecule has 2 rings (SSSR count). The summed E-state index contributed by atoms with van der Waals surface area (Å²) >= 11 is 3.50. The van der Waals surface area contributed by atoms with Crippen LogP contribution in [0.15, 0.2) is 52.0 Å². The molecule has 0 unspecified atom stereocenters. The van der Waals surface area contributed by atoms with E-state index in [9.17, 15) is 4.79 Å². The molecular weight excluding hydrogens is 422 g/mol. The molecule has 0 saturated heterocycles. The fraction of sp³-hybridized carbons (Fsp3) is 0.250. The molecule has 0 heterocycles. The molecule has 9 N–H and O–H groups in total. The van der Waals surface area contributed by atoms with Crippen LogP contribution in [0.4, 0.5) is 22.7 Å². The van der Waals surface area contributed by atoms with E-state index < -0.39 is 5.91 Å². The third-order valence-corrected chi connectivity index (χ3v) is 5.26. The second-order valence-corrected chi connectivity index (χ2v) is 7.41. The number of primary amides is 1. The molecule has 0 aliphatic carbocycles. The lowest BCUT2D eigenvalue weighted by Crippen LogP contribution is -2.76. The zero-order valence-electron chi connectivity index (χ0n) is 16.4. The Bertz CT molecular complexity index is 883. The molecule has 0 atom stereocenters. The molecule has 0 bridgehead atoms. The van der Waals surface area contributed by atoms with Gasteiger partial charge in [0.15, 0.2) is 11.4 Å². The average Bonchev–Trinajstić information content (AvgIpc) is 2.67. The smallest absolute Gasteiger partial charge is 0.248 e. The Kier molecular flexibility index (Phi) is 8.01. The first kappa shape index (κ1) is 21.9. The van der Waals surface area contributed by atoms with E-state index in [1.165, 1.54) is 11.1 Å². The predicted molar refractivity (Wildman–Crippen MR) is 116 cm³/mol. The van der Waals surface area contributed by atoms with Gasteiger partial charge in [0, 0.05) is 24.7 Å². The molecule has 0 aliphatic heterocycles. The maximum absolute atomic E-state index is 11.4. The second kappa shape index (κ2) is 10.2. The Hall–Kier alpha value is -2.39. The fourth-order valence-electron chi connectivity index (χ4n) is 2.58. The van der Waals surface area contributed by atoms with Crippen molar-refractivity contribution in [2.45, 2.75) is 13.8 Å². The quantitative estimate of drug-likeness (QED) is 0.228. The molecule has 2 aromatic rings. The lowest BCUT2D eigenvalue weighted by Gasteiger charge is -2.14. The molecule has 7 nitrogen and oxygen atoms in total. The van der Waals surface area contributed by atoms with E-state index in [4.69, 9.17) is 10.6 Å². The van der Waals surface area contributed by atoms with Crippen LogP contribution in [0.1, 0.15) is 24.2 Å². The van der Waals surface area contributed by atoms with Crippen molar-refractivity contribution in [3.05, 3.63) is 57.6 Å². The Labute approximate surface area is 173 Å². The standard InChI is InChI=1S/C20H26BrN5O2/c1-12(13(2)11-25-17-6-4-5-15(21)19(17)22)10-24-16-8-7-14(20(23)27)9-18(16)26-28-3/h4-9,24-26H,10-11,22H2,1-3H3,(H2,23,27)/p+2/b13-12+. The maximum atomic E-state index is 11.4. The monoisotopic (exact) mass is 449 g/mol. The molecule has 0 fully saturated rings. The molecule has 28 heavy (non-hydrogen) atoms. The first-order chi connectivity index (χ1) is 13.3. The number of amides is 1. The van der Waals surface area contributed by atoms with Crippen LogP contribution in [0.3, 0.4) is 0 Å². The normalized spacial score (nSPS) is 11.8. The van der Waals surface area contributed by atoms with Crippen LogP contribution in [0.5, 0.6) is 0 Å². The highest BCUT2D eigenvalue weighted by Gasteiger charge is 2.11. The van der Waals surface area contributed by atoms with E-state index in [2.05, 4.69) is 46.1 Å². The molecule has 0 saturated carbocycles.